The van der Waals surface area contributed by atoms with Crippen LogP contribution in [0.15, 0.2) is 82.3 Å². The Balaban J connectivity index is 1.09. The SMILES string of the molecule is Cc1cc(-n2nc3c(c2N2C=CN(c4ccc5c(cnn5C)c4F)C2=C=O)C(OC(F)(F)F)N(C(=O)c2cc4cc([C@H]5CCOC(C)(C)C5)ccc4n2[C@@]2(c4noc(=O)[nH]4)C[C@@H]2C)CC3)cc(C)c1F. The fourth-order valence-corrected chi connectivity index (χ4v) is 10.9. The second kappa shape index (κ2) is 15.8. The smallest absolute Gasteiger partial charge is 0.376 e. The normalized spacial score (nSPS) is 22.1. The molecule has 16 nitrogen and oxygen atoms in total. The molecule has 1 unspecified atom stereocenters. The zero-order valence-corrected chi connectivity index (χ0v) is 38.7. The van der Waals surface area contributed by atoms with Crippen LogP contribution in [0.5, 0.6) is 0 Å². The van der Waals surface area contributed by atoms with Gasteiger partial charge in [0.1, 0.15) is 17.1 Å². The summed E-state index contributed by atoms with van der Waals surface area (Å²) in [5, 5.41) is 13.7. The third-order valence-electron chi connectivity index (χ3n) is 14.2. The maximum absolute atomic E-state index is 16.3. The molecular weight excluding hydrogens is 920 g/mol. The molecular formula is C49H45F5N10O6. The Kier molecular flexibility index (Phi) is 10.2. The third kappa shape index (κ3) is 7.07. The Morgan fingerprint density at radius 1 is 0.986 bits per heavy atom. The first-order valence-electron chi connectivity index (χ1n) is 22.7. The number of alkyl halides is 3. The van der Waals surface area contributed by atoms with Gasteiger partial charge in [-0.05, 0) is 118 Å². The van der Waals surface area contributed by atoms with E-state index in [-0.39, 0.29) is 92.7 Å². The van der Waals surface area contributed by atoms with Gasteiger partial charge in [-0.3, -0.25) is 33.5 Å². The lowest BCUT2D eigenvalue weighted by molar-refractivity contribution is -0.360. The number of aromatic nitrogens is 7. The molecule has 362 valence electrons. The van der Waals surface area contributed by atoms with Crippen molar-refractivity contribution in [1.82, 2.24) is 39.2 Å². The number of carbonyl (C=O) groups is 1. The van der Waals surface area contributed by atoms with Crippen LogP contribution in [0.1, 0.15) is 96.4 Å². The predicted molar refractivity (Wildman–Crippen MR) is 244 cm³/mol. The van der Waals surface area contributed by atoms with Crippen LogP contribution in [0, 0.1) is 31.4 Å². The number of nitrogens with one attached hydrogen (secondary N) is 1. The van der Waals surface area contributed by atoms with Crippen molar-refractivity contribution < 1.29 is 45.5 Å². The van der Waals surface area contributed by atoms with E-state index in [1.165, 1.54) is 69.8 Å². The highest BCUT2D eigenvalue weighted by Crippen LogP contribution is 2.56. The summed E-state index contributed by atoms with van der Waals surface area (Å²) in [5.41, 5.74) is 0.795. The van der Waals surface area contributed by atoms with E-state index < -0.39 is 41.4 Å². The minimum absolute atomic E-state index is 0.0207. The standard InChI is InChI=1S/C49H45F5N10O6/c1-25-17-31(18-26(2)40(25)50)64-42(61-15-14-60(38(61)24-65)36-10-9-35-32(41(36)51)23-55-59(35)6)39-33(57-64)11-13-62(44(39)69-49(52,53)54)43(66)37-20-30-19-28(29-12-16-68-47(4,5)22-29)7-8-34(30)63(37)48(21-27(48)3)45-56-46(67)70-58-45/h7-10,14-15,17-20,23,27,29,44H,11-13,16,21-22H2,1-6H3,(H,56,58,67)/t27-,29-,44?,48-/m0/s1. The first kappa shape index (κ1) is 45.1. The van der Waals surface area contributed by atoms with Crippen molar-refractivity contribution in [3.8, 4) is 5.69 Å². The first-order valence-corrected chi connectivity index (χ1v) is 22.7. The molecule has 7 heterocycles. The second-order valence-electron chi connectivity index (χ2n) is 19.2. The molecule has 11 rings (SSSR count). The highest BCUT2D eigenvalue weighted by Gasteiger charge is 2.59. The maximum atomic E-state index is 16.3. The van der Waals surface area contributed by atoms with Crippen LogP contribution in [0.2, 0.25) is 0 Å². The number of benzene rings is 3. The molecule has 0 radical (unpaired) electrons. The van der Waals surface area contributed by atoms with Crippen molar-refractivity contribution in [2.24, 2.45) is 13.0 Å². The monoisotopic (exact) mass is 964 g/mol. The minimum atomic E-state index is -5.36. The summed E-state index contributed by atoms with van der Waals surface area (Å²) in [7, 11) is 1.64. The number of amides is 1. The molecule has 21 heteroatoms. The van der Waals surface area contributed by atoms with Gasteiger partial charge in [-0.1, -0.05) is 18.1 Å². The summed E-state index contributed by atoms with van der Waals surface area (Å²) >= 11 is 0. The van der Waals surface area contributed by atoms with Gasteiger partial charge < -0.3 is 14.2 Å². The van der Waals surface area contributed by atoms with Crippen LogP contribution in [0.4, 0.5) is 33.5 Å². The van der Waals surface area contributed by atoms with Gasteiger partial charge in [-0.25, -0.2) is 23.1 Å². The van der Waals surface area contributed by atoms with Gasteiger partial charge in [-0.15, -0.1) is 13.2 Å². The quantitative estimate of drug-likeness (QED) is 0.115. The molecule has 0 bridgehead atoms. The van der Waals surface area contributed by atoms with E-state index in [2.05, 4.69) is 15.2 Å². The fourth-order valence-electron chi connectivity index (χ4n) is 10.9. The number of halogens is 5. The summed E-state index contributed by atoms with van der Waals surface area (Å²) in [6.07, 6.45) is -1.83. The molecule has 4 aromatic heterocycles. The number of aromatic amines is 1. The molecule has 0 spiro atoms. The predicted octanol–water partition coefficient (Wildman–Crippen LogP) is 8.45. The van der Waals surface area contributed by atoms with Gasteiger partial charge in [0, 0.05) is 49.9 Å². The molecule has 1 aliphatic carbocycles. The summed E-state index contributed by atoms with van der Waals surface area (Å²) in [6, 6.07) is 13.4. The van der Waals surface area contributed by atoms with Gasteiger partial charge in [-0.2, -0.15) is 10.2 Å². The molecule has 1 N–H and O–H groups in total. The number of rotatable bonds is 8. The number of hydrogen-bond acceptors (Lipinski definition) is 11. The van der Waals surface area contributed by atoms with E-state index in [1.807, 2.05) is 44.9 Å². The van der Waals surface area contributed by atoms with E-state index in [0.29, 0.717) is 29.4 Å². The van der Waals surface area contributed by atoms with Gasteiger partial charge in [0.05, 0.1) is 45.3 Å². The number of carbonyl (C=O) groups excluding carboxylic acids is 2. The van der Waals surface area contributed by atoms with Crippen molar-refractivity contribution in [1.29, 1.82) is 0 Å². The molecule has 3 aliphatic heterocycles. The fraction of sp³-hybridized carbons (Fsp3) is 0.367. The van der Waals surface area contributed by atoms with E-state index in [0.717, 1.165) is 23.3 Å². The lowest BCUT2D eigenvalue weighted by Gasteiger charge is -2.37. The van der Waals surface area contributed by atoms with Crippen LogP contribution in [0.25, 0.3) is 27.5 Å². The molecule has 1 amide bonds. The summed E-state index contributed by atoms with van der Waals surface area (Å²) < 4.78 is 97.3. The van der Waals surface area contributed by atoms with E-state index in [9.17, 15) is 9.59 Å². The summed E-state index contributed by atoms with van der Waals surface area (Å²) in [4.78, 5) is 47.3. The Labute approximate surface area is 395 Å². The van der Waals surface area contributed by atoms with Crippen LogP contribution in [-0.2, 0) is 33.3 Å². The molecule has 7 aromatic rings. The average molecular weight is 965 g/mol. The van der Waals surface area contributed by atoms with E-state index in [1.54, 1.807) is 23.7 Å². The number of anilines is 2. The van der Waals surface area contributed by atoms with Gasteiger partial charge in [0.15, 0.2) is 29.6 Å². The number of nitrogens with zero attached hydrogens (tertiary/aromatic N) is 9. The topological polar surface area (TPSA) is 162 Å². The van der Waals surface area contributed by atoms with Crippen molar-refractivity contribution in [2.75, 3.05) is 23.0 Å². The Morgan fingerprint density at radius 3 is 2.39 bits per heavy atom. The zero-order valence-electron chi connectivity index (χ0n) is 38.7. The number of hydrogen-bond donors (Lipinski definition) is 1. The molecule has 4 aliphatic rings. The third-order valence-corrected chi connectivity index (χ3v) is 14.2. The molecule has 70 heavy (non-hydrogen) atoms. The van der Waals surface area contributed by atoms with Crippen LogP contribution in [0.3, 0.4) is 0 Å². The molecule has 4 atom stereocenters. The number of aryl methyl sites for hydroxylation is 3. The van der Waals surface area contributed by atoms with Crippen molar-refractivity contribution in [3.05, 3.63) is 135 Å². The van der Waals surface area contributed by atoms with Crippen LogP contribution in [-0.4, -0.2) is 76.1 Å². The molecule has 1 saturated heterocycles. The number of fused-ring (bicyclic) bond motifs is 3. The van der Waals surface area contributed by atoms with Gasteiger partial charge in [0.2, 0.25) is 5.82 Å². The highest BCUT2D eigenvalue weighted by molar-refractivity contribution is 6.00. The zero-order chi connectivity index (χ0) is 49.3. The van der Waals surface area contributed by atoms with Crippen molar-refractivity contribution in [2.45, 2.75) is 90.0 Å². The first-order chi connectivity index (χ1) is 33.3. The lowest BCUT2D eigenvalue weighted by atomic mass is 9.83. The minimum Gasteiger partial charge on any atom is -0.376 e. The van der Waals surface area contributed by atoms with Crippen molar-refractivity contribution in [3.63, 3.8) is 0 Å². The van der Waals surface area contributed by atoms with Crippen LogP contribution < -0.4 is 15.6 Å². The molecule has 3 aromatic carbocycles. The van der Waals surface area contributed by atoms with Crippen molar-refractivity contribution >= 4 is 45.2 Å². The summed E-state index contributed by atoms with van der Waals surface area (Å²) in [5.74, 6) is -1.63. The van der Waals surface area contributed by atoms with Gasteiger partial charge >= 0.3 is 12.1 Å². The number of H-pyrrole nitrogens is 1. The van der Waals surface area contributed by atoms with E-state index in [4.69, 9.17) is 19.1 Å². The second-order valence-corrected chi connectivity index (χ2v) is 19.2. The largest absolute Gasteiger partial charge is 0.524 e. The highest BCUT2D eigenvalue weighted by atomic mass is 19.4. The Bertz CT molecular complexity index is 3440. The lowest BCUT2D eigenvalue weighted by Crippen LogP contribution is -2.44. The van der Waals surface area contributed by atoms with E-state index >= 15 is 26.7 Å². The number of ether oxygens (including phenoxy) is 2. The summed E-state index contributed by atoms with van der Waals surface area (Å²) in [6.45, 7) is 9.21. The van der Waals surface area contributed by atoms with Gasteiger partial charge in [0.25, 0.3) is 5.91 Å². The average Bonchev–Trinajstić information content (AvgIpc) is 3.96. The Hall–Kier alpha value is -7.35. The van der Waals surface area contributed by atoms with Crippen LogP contribution >= 0.6 is 0 Å². The maximum Gasteiger partial charge on any atom is 0.524 e. The Morgan fingerprint density at radius 2 is 1.71 bits per heavy atom. The molecule has 2 fully saturated rings. The molecule has 1 saturated carbocycles.